The zero-order chi connectivity index (χ0) is 20.0. The largest absolute Gasteiger partial charge is 0.334 e. The Hall–Kier alpha value is -0.700. The first kappa shape index (κ1) is 25.3. The minimum Gasteiger partial charge on any atom is -0.309 e. The summed E-state index contributed by atoms with van der Waals surface area (Å²) in [6.45, 7) is 12.6. The number of unbranched alkanes of at least 4 members (excludes halogenated alkanes) is 1. The van der Waals surface area contributed by atoms with E-state index in [1.54, 1.807) is 0 Å². The molecule has 0 aromatic rings. The van der Waals surface area contributed by atoms with Crippen LogP contribution in [0.15, 0.2) is 23.3 Å². The first-order chi connectivity index (χ1) is 12.3. The number of ketones is 1. The SMILES string of the molecule is CCCCC(=O)CC(C/C=C(\C)CCC=C(C)C)P(=O)(OCC)OCC. The molecule has 4 nitrogen and oxygen atoms in total. The van der Waals surface area contributed by atoms with Crippen LogP contribution in [0.1, 0.15) is 86.5 Å². The second kappa shape index (κ2) is 14.4. The second-order valence-electron chi connectivity index (χ2n) is 6.98. The molecule has 0 amide bonds. The molecule has 0 saturated carbocycles. The third-order valence-corrected chi connectivity index (χ3v) is 6.69. The molecule has 152 valence electrons. The van der Waals surface area contributed by atoms with E-state index in [0.717, 1.165) is 25.7 Å². The van der Waals surface area contributed by atoms with Gasteiger partial charge in [0, 0.05) is 12.8 Å². The van der Waals surface area contributed by atoms with Gasteiger partial charge in [0.15, 0.2) is 0 Å². The van der Waals surface area contributed by atoms with Crippen molar-refractivity contribution < 1.29 is 18.4 Å². The second-order valence-corrected chi connectivity index (χ2v) is 9.31. The fourth-order valence-electron chi connectivity index (χ4n) is 2.70. The van der Waals surface area contributed by atoms with Gasteiger partial charge in [0.1, 0.15) is 5.78 Å². The van der Waals surface area contributed by atoms with Crippen LogP contribution in [-0.4, -0.2) is 24.7 Å². The van der Waals surface area contributed by atoms with Gasteiger partial charge in [-0.3, -0.25) is 9.36 Å². The van der Waals surface area contributed by atoms with Crippen molar-refractivity contribution in [2.24, 2.45) is 0 Å². The van der Waals surface area contributed by atoms with Crippen LogP contribution in [0.2, 0.25) is 0 Å². The Kier molecular flexibility index (Phi) is 14.0. The van der Waals surface area contributed by atoms with Crippen molar-refractivity contribution in [1.29, 1.82) is 0 Å². The van der Waals surface area contributed by atoms with Gasteiger partial charge < -0.3 is 9.05 Å². The molecule has 0 aliphatic rings. The smallest absolute Gasteiger partial charge is 0.309 e. The lowest BCUT2D eigenvalue weighted by atomic mass is 10.0. The highest BCUT2D eigenvalue weighted by Gasteiger charge is 2.36. The van der Waals surface area contributed by atoms with Crippen LogP contribution in [0.25, 0.3) is 0 Å². The van der Waals surface area contributed by atoms with Crippen molar-refractivity contribution in [3.05, 3.63) is 23.3 Å². The van der Waals surface area contributed by atoms with Crippen molar-refractivity contribution in [3.63, 3.8) is 0 Å². The van der Waals surface area contributed by atoms with Crippen molar-refractivity contribution in [2.75, 3.05) is 13.2 Å². The number of allylic oxidation sites excluding steroid dienone is 4. The predicted molar refractivity (Wildman–Crippen MR) is 111 cm³/mol. The normalized spacial score (nSPS) is 13.5. The Labute approximate surface area is 161 Å². The van der Waals surface area contributed by atoms with Crippen LogP contribution in [0.4, 0.5) is 0 Å². The van der Waals surface area contributed by atoms with E-state index >= 15 is 0 Å². The summed E-state index contributed by atoms with van der Waals surface area (Å²) in [6, 6.07) is 0. The summed E-state index contributed by atoms with van der Waals surface area (Å²) in [5.74, 6) is 0.145. The number of hydrogen-bond donors (Lipinski definition) is 0. The van der Waals surface area contributed by atoms with Crippen LogP contribution in [0, 0.1) is 0 Å². The van der Waals surface area contributed by atoms with E-state index in [1.165, 1.54) is 11.1 Å². The Balaban J connectivity index is 5.14. The molecule has 0 aromatic heterocycles. The molecule has 0 N–H and O–H groups in total. The maximum atomic E-state index is 13.2. The Morgan fingerprint density at radius 3 is 2.12 bits per heavy atom. The average molecular weight is 387 g/mol. The minimum atomic E-state index is -3.29. The Morgan fingerprint density at radius 1 is 1.00 bits per heavy atom. The van der Waals surface area contributed by atoms with Gasteiger partial charge in [0.05, 0.1) is 18.9 Å². The summed E-state index contributed by atoms with van der Waals surface area (Å²) in [7, 11) is -3.29. The molecular weight excluding hydrogens is 347 g/mol. The van der Waals surface area contributed by atoms with Gasteiger partial charge in [0.2, 0.25) is 0 Å². The molecule has 1 atom stereocenters. The first-order valence-electron chi connectivity index (χ1n) is 9.98. The van der Waals surface area contributed by atoms with Crippen LogP contribution >= 0.6 is 7.60 Å². The molecule has 26 heavy (non-hydrogen) atoms. The highest BCUT2D eigenvalue weighted by molar-refractivity contribution is 7.54. The molecule has 0 bridgehead atoms. The molecule has 0 aliphatic carbocycles. The van der Waals surface area contributed by atoms with Gasteiger partial charge in [-0.2, -0.15) is 0 Å². The van der Waals surface area contributed by atoms with Crippen molar-refractivity contribution in [2.45, 2.75) is 92.1 Å². The lowest BCUT2D eigenvalue weighted by Gasteiger charge is -2.25. The monoisotopic (exact) mass is 386 g/mol. The summed E-state index contributed by atoms with van der Waals surface area (Å²) >= 11 is 0. The van der Waals surface area contributed by atoms with E-state index in [0.29, 0.717) is 26.1 Å². The maximum absolute atomic E-state index is 13.2. The van der Waals surface area contributed by atoms with E-state index in [4.69, 9.17) is 9.05 Å². The fraction of sp³-hybridized carbons (Fsp3) is 0.762. The van der Waals surface area contributed by atoms with Crippen molar-refractivity contribution in [1.82, 2.24) is 0 Å². The summed E-state index contributed by atoms with van der Waals surface area (Å²) in [4.78, 5) is 12.3. The van der Waals surface area contributed by atoms with Crippen molar-refractivity contribution in [3.8, 4) is 0 Å². The Bertz CT molecular complexity index is 494. The van der Waals surface area contributed by atoms with Gasteiger partial charge >= 0.3 is 7.60 Å². The molecule has 0 radical (unpaired) electrons. The lowest BCUT2D eigenvalue weighted by molar-refractivity contribution is -0.119. The third kappa shape index (κ3) is 11.1. The highest BCUT2D eigenvalue weighted by atomic mass is 31.2. The molecule has 5 heteroatoms. The van der Waals surface area contributed by atoms with E-state index in [9.17, 15) is 9.36 Å². The van der Waals surface area contributed by atoms with Crippen LogP contribution in [-0.2, 0) is 18.4 Å². The van der Waals surface area contributed by atoms with E-state index < -0.39 is 13.3 Å². The topological polar surface area (TPSA) is 52.6 Å². The number of carbonyl (C=O) groups is 1. The molecule has 1 unspecified atom stereocenters. The van der Waals surface area contributed by atoms with E-state index in [-0.39, 0.29) is 12.2 Å². The number of Topliss-reactive ketones (excluding diaryl/α,β-unsaturated/α-hetero) is 1. The lowest BCUT2D eigenvalue weighted by Crippen LogP contribution is -2.17. The molecule has 0 aliphatic heterocycles. The summed E-state index contributed by atoms with van der Waals surface area (Å²) in [5, 5.41) is 0. The fourth-order valence-corrected chi connectivity index (χ4v) is 4.71. The van der Waals surface area contributed by atoms with Crippen LogP contribution in [0.3, 0.4) is 0 Å². The summed E-state index contributed by atoms with van der Waals surface area (Å²) in [6.07, 6.45) is 9.48. The van der Waals surface area contributed by atoms with Gasteiger partial charge in [-0.25, -0.2) is 0 Å². The molecule has 0 rings (SSSR count). The highest BCUT2D eigenvalue weighted by Crippen LogP contribution is 2.55. The first-order valence-corrected chi connectivity index (χ1v) is 11.6. The van der Waals surface area contributed by atoms with E-state index in [1.807, 2.05) is 13.8 Å². The average Bonchev–Trinajstić information content (AvgIpc) is 2.56. The zero-order valence-electron chi connectivity index (χ0n) is 17.7. The van der Waals surface area contributed by atoms with Crippen LogP contribution < -0.4 is 0 Å². The summed E-state index contributed by atoms with van der Waals surface area (Å²) < 4.78 is 24.3. The predicted octanol–water partition coefficient (Wildman–Crippen LogP) is 6.85. The molecular formula is C21H39O4P. The molecule has 0 saturated heterocycles. The molecule has 0 spiro atoms. The number of rotatable bonds is 15. The third-order valence-electron chi connectivity index (χ3n) is 4.17. The Morgan fingerprint density at radius 2 is 1.62 bits per heavy atom. The van der Waals surface area contributed by atoms with Gasteiger partial charge in [0.25, 0.3) is 0 Å². The van der Waals surface area contributed by atoms with Crippen LogP contribution in [0.5, 0.6) is 0 Å². The number of hydrogen-bond acceptors (Lipinski definition) is 4. The van der Waals surface area contributed by atoms with E-state index in [2.05, 4.69) is 39.8 Å². The minimum absolute atomic E-state index is 0.145. The molecule has 0 fully saturated rings. The zero-order valence-corrected chi connectivity index (χ0v) is 18.6. The molecule has 0 heterocycles. The summed E-state index contributed by atoms with van der Waals surface area (Å²) in [5.41, 5.74) is 2.16. The van der Waals surface area contributed by atoms with Gasteiger partial charge in [-0.1, -0.05) is 36.6 Å². The number of carbonyl (C=O) groups excluding carboxylic acids is 1. The van der Waals surface area contributed by atoms with Crippen molar-refractivity contribution >= 4 is 13.4 Å². The molecule has 0 aromatic carbocycles. The van der Waals surface area contributed by atoms with Gasteiger partial charge in [-0.05, 0) is 60.3 Å². The maximum Gasteiger partial charge on any atom is 0.334 e. The quantitative estimate of drug-likeness (QED) is 0.228. The standard InChI is InChI=1S/C21H39O4P/c1-7-10-14-20(22)17-21(26(23,24-8-2)25-9-3)16-15-19(6)13-11-12-18(4)5/h12,15,21H,7-11,13-14,16-17H2,1-6H3/b19-15+. The van der Waals surface area contributed by atoms with Gasteiger partial charge in [-0.15, -0.1) is 0 Å².